The number of hydrogen-bond acceptors (Lipinski definition) is 4. The summed E-state index contributed by atoms with van der Waals surface area (Å²) in [6.07, 6.45) is 0.376. The van der Waals surface area contributed by atoms with Crippen LogP contribution >= 0.6 is 12.4 Å². The molecule has 0 atom stereocenters. The van der Waals surface area contributed by atoms with Crippen molar-refractivity contribution in [2.45, 2.75) is 44.8 Å². The minimum Gasteiger partial charge on any atom is -0.444 e. The number of nitrogens with two attached hydrogens (primary N) is 1. The zero-order valence-corrected chi connectivity index (χ0v) is 11.9. The first kappa shape index (κ1) is 17.0. The molecule has 0 aromatic rings. The second-order valence-electron chi connectivity index (χ2n) is 5.32. The summed E-state index contributed by atoms with van der Waals surface area (Å²) in [5.41, 5.74) is 3.81. The van der Waals surface area contributed by atoms with E-state index >= 15 is 0 Å². The summed E-state index contributed by atoms with van der Waals surface area (Å²) < 4.78 is 5.14. The van der Waals surface area contributed by atoms with Gasteiger partial charge in [0, 0.05) is 0 Å². The van der Waals surface area contributed by atoms with E-state index in [9.17, 15) is 9.59 Å². The standard InChI is InChI=1S/C11H21N3O3.ClH/c1-10(2,3)17-9(16)14-11(8(12)15)4-6-13-7-5-11;/h13H,4-7H2,1-3H3,(H2,12,15)(H,14,16);1H. The number of carbonyl (C=O) groups excluding carboxylic acids is 2. The molecule has 0 aromatic heterocycles. The molecule has 0 spiro atoms. The van der Waals surface area contributed by atoms with Crippen molar-refractivity contribution < 1.29 is 14.3 Å². The van der Waals surface area contributed by atoms with Crippen LogP contribution in [0.25, 0.3) is 0 Å². The fourth-order valence-corrected chi connectivity index (χ4v) is 1.79. The van der Waals surface area contributed by atoms with E-state index in [2.05, 4.69) is 10.6 Å². The Balaban J connectivity index is 0.00000289. The van der Waals surface area contributed by atoms with Crippen LogP contribution in [0.5, 0.6) is 0 Å². The average Bonchev–Trinajstić information content (AvgIpc) is 2.15. The maximum atomic E-state index is 11.7. The predicted molar refractivity (Wildman–Crippen MR) is 70.6 cm³/mol. The highest BCUT2D eigenvalue weighted by atomic mass is 35.5. The van der Waals surface area contributed by atoms with Gasteiger partial charge in [-0.25, -0.2) is 4.79 Å². The normalized spacial score (nSPS) is 18.4. The van der Waals surface area contributed by atoms with Gasteiger partial charge in [-0.15, -0.1) is 12.4 Å². The topological polar surface area (TPSA) is 93.4 Å². The molecule has 4 N–H and O–H groups in total. The Morgan fingerprint density at radius 2 is 1.78 bits per heavy atom. The first-order chi connectivity index (χ1) is 7.75. The maximum absolute atomic E-state index is 11.7. The molecular weight excluding hydrogens is 258 g/mol. The van der Waals surface area contributed by atoms with Crippen molar-refractivity contribution in [2.75, 3.05) is 13.1 Å². The van der Waals surface area contributed by atoms with E-state index in [1.165, 1.54) is 0 Å². The summed E-state index contributed by atoms with van der Waals surface area (Å²) in [6, 6.07) is 0. The summed E-state index contributed by atoms with van der Waals surface area (Å²) >= 11 is 0. The molecule has 1 aliphatic rings. The van der Waals surface area contributed by atoms with E-state index < -0.39 is 23.1 Å². The molecule has 1 rings (SSSR count). The molecule has 1 fully saturated rings. The zero-order valence-electron chi connectivity index (χ0n) is 11.0. The van der Waals surface area contributed by atoms with Gasteiger partial charge in [0.15, 0.2) is 0 Å². The van der Waals surface area contributed by atoms with Gasteiger partial charge in [0.2, 0.25) is 5.91 Å². The number of hydrogen-bond donors (Lipinski definition) is 3. The van der Waals surface area contributed by atoms with Gasteiger partial charge in [-0.1, -0.05) is 0 Å². The second-order valence-corrected chi connectivity index (χ2v) is 5.32. The maximum Gasteiger partial charge on any atom is 0.408 e. The Hall–Kier alpha value is -1.01. The minimum atomic E-state index is -0.979. The SMILES string of the molecule is CC(C)(C)OC(=O)NC1(C(N)=O)CCNCC1.Cl. The van der Waals surface area contributed by atoms with E-state index in [0.717, 1.165) is 0 Å². The van der Waals surface area contributed by atoms with Gasteiger partial charge in [0.05, 0.1) is 0 Å². The first-order valence-corrected chi connectivity index (χ1v) is 5.77. The van der Waals surface area contributed by atoms with Crippen LogP contribution in [0.4, 0.5) is 4.79 Å². The van der Waals surface area contributed by atoms with Crippen LogP contribution in [-0.4, -0.2) is 36.2 Å². The number of rotatable bonds is 2. The van der Waals surface area contributed by atoms with Crippen LogP contribution in [0.2, 0.25) is 0 Å². The predicted octanol–water partition coefficient (Wildman–Crippen LogP) is 0.540. The lowest BCUT2D eigenvalue weighted by molar-refractivity contribution is -0.125. The van der Waals surface area contributed by atoms with Crippen molar-refractivity contribution in [1.82, 2.24) is 10.6 Å². The van der Waals surface area contributed by atoms with E-state index in [1.54, 1.807) is 20.8 Å². The van der Waals surface area contributed by atoms with Crippen LogP contribution in [0.1, 0.15) is 33.6 Å². The van der Waals surface area contributed by atoms with E-state index in [-0.39, 0.29) is 12.4 Å². The van der Waals surface area contributed by atoms with Crippen molar-refractivity contribution >= 4 is 24.4 Å². The number of ether oxygens (including phenoxy) is 1. The number of halogens is 1. The molecule has 0 aromatic carbocycles. The van der Waals surface area contributed by atoms with Crippen LogP contribution in [-0.2, 0) is 9.53 Å². The Kier molecular flexibility index (Phi) is 5.89. The molecule has 2 amide bonds. The van der Waals surface area contributed by atoms with Gasteiger partial charge in [0.25, 0.3) is 0 Å². The molecule has 1 heterocycles. The van der Waals surface area contributed by atoms with Gasteiger partial charge in [-0.2, -0.15) is 0 Å². The number of piperidine rings is 1. The van der Waals surface area contributed by atoms with Crippen LogP contribution in [0, 0.1) is 0 Å². The van der Waals surface area contributed by atoms with E-state index in [4.69, 9.17) is 10.5 Å². The van der Waals surface area contributed by atoms with E-state index in [0.29, 0.717) is 25.9 Å². The molecule has 0 bridgehead atoms. The Morgan fingerprint density at radius 1 is 1.28 bits per heavy atom. The lowest BCUT2D eigenvalue weighted by Gasteiger charge is -2.35. The van der Waals surface area contributed by atoms with Crippen LogP contribution < -0.4 is 16.4 Å². The Labute approximate surface area is 113 Å². The van der Waals surface area contributed by atoms with Crippen molar-refractivity contribution in [3.63, 3.8) is 0 Å². The smallest absolute Gasteiger partial charge is 0.408 e. The summed E-state index contributed by atoms with van der Waals surface area (Å²) in [5.74, 6) is -0.509. The van der Waals surface area contributed by atoms with Crippen molar-refractivity contribution in [3.8, 4) is 0 Å². The molecule has 6 nitrogen and oxygen atoms in total. The third kappa shape index (κ3) is 4.70. The highest BCUT2D eigenvalue weighted by Gasteiger charge is 2.40. The fourth-order valence-electron chi connectivity index (χ4n) is 1.79. The largest absolute Gasteiger partial charge is 0.444 e. The van der Waals surface area contributed by atoms with E-state index in [1.807, 2.05) is 0 Å². The van der Waals surface area contributed by atoms with Crippen LogP contribution in [0.3, 0.4) is 0 Å². The van der Waals surface area contributed by atoms with Gasteiger partial charge in [-0.3, -0.25) is 4.79 Å². The second kappa shape index (κ2) is 6.24. The minimum absolute atomic E-state index is 0. The summed E-state index contributed by atoms with van der Waals surface area (Å²) in [6.45, 7) is 6.61. The highest BCUT2D eigenvalue weighted by Crippen LogP contribution is 2.19. The molecule has 7 heteroatoms. The summed E-state index contributed by atoms with van der Waals surface area (Å²) in [7, 11) is 0. The quantitative estimate of drug-likeness (QED) is 0.688. The van der Waals surface area contributed by atoms with Crippen molar-refractivity contribution in [2.24, 2.45) is 5.73 Å². The number of carbonyl (C=O) groups is 2. The van der Waals surface area contributed by atoms with Crippen molar-refractivity contribution in [1.29, 1.82) is 0 Å². The molecular formula is C11H22ClN3O3. The molecule has 0 unspecified atom stereocenters. The lowest BCUT2D eigenvalue weighted by Crippen LogP contribution is -2.62. The van der Waals surface area contributed by atoms with Gasteiger partial charge < -0.3 is 21.1 Å². The van der Waals surface area contributed by atoms with Crippen molar-refractivity contribution in [3.05, 3.63) is 0 Å². The van der Waals surface area contributed by atoms with Gasteiger partial charge >= 0.3 is 6.09 Å². The number of amides is 2. The Bertz CT molecular complexity index is 309. The Morgan fingerprint density at radius 3 is 2.17 bits per heavy atom. The molecule has 0 saturated carbocycles. The zero-order chi connectivity index (χ0) is 13.1. The molecule has 1 saturated heterocycles. The summed E-state index contributed by atoms with van der Waals surface area (Å²) in [4.78, 5) is 23.2. The third-order valence-electron chi connectivity index (χ3n) is 2.67. The van der Waals surface area contributed by atoms with Gasteiger partial charge in [0.1, 0.15) is 11.1 Å². The average molecular weight is 280 g/mol. The van der Waals surface area contributed by atoms with Crippen LogP contribution in [0.15, 0.2) is 0 Å². The number of alkyl carbamates (subject to hydrolysis) is 1. The third-order valence-corrected chi connectivity index (χ3v) is 2.67. The fraction of sp³-hybridized carbons (Fsp3) is 0.818. The molecule has 1 aliphatic heterocycles. The summed E-state index contributed by atoms with van der Waals surface area (Å²) in [5, 5.41) is 5.73. The lowest BCUT2D eigenvalue weighted by atomic mass is 9.88. The molecule has 106 valence electrons. The monoisotopic (exact) mass is 279 g/mol. The molecule has 0 radical (unpaired) electrons. The highest BCUT2D eigenvalue weighted by molar-refractivity contribution is 5.88. The number of nitrogens with one attached hydrogen (secondary N) is 2. The number of primary amides is 1. The first-order valence-electron chi connectivity index (χ1n) is 5.77. The molecule has 0 aliphatic carbocycles. The van der Waals surface area contributed by atoms with Gasteiger partial charge in [-0.05, 0) is 46.7 Å². The molecule has 18 heavy (non-hydrogen) atoms.